The minimum Gasteiger partial charge on any atom is -0.348 e. The smallest absolute Gasteiger partial charge is 0.253 e. The number of rotatable bonds is 6. The first-order valence-electron chi connectivity index (χ1n) is 8.62. The van der Waals surface area contributed by atoms with Crippen LogP contribution in [0.15, 0.2) is 83.6 Å². The van der Waals surface area contributed by atoms with E-state index in [1.165, 1.54) is 12.3 Å². The summed E-state index contributed by atoms with van der Waals surface area (Å²) >= 11 is 3.40. The van der Waals surface area contributed by atoms with Crippen molar-refractivity contribution >= 4 is 39.5 Å². The summed E-state index contributed by atoms with van der Waals surface area (Å²) in [6.07, 6.45) is 6.37. The van der Waals surface area contributed by atoms with Gasteiger partial charge in [-0.15, -0.1) is 0 Å². The number of nitrogens with one attached hydrogen (secondary N) is 2. The number of halogens is 1. The lowest BCUT2D eigenvalue weighted by atomic mass is 10.2. The second-order valence-electron chi connectivity index (χ2n) is 6.00. The maximum Gasteiger partial charge on any atom is 0.253 e. The van der Waals surface area contributed by atoms with Gasteiger partial charge in [0, 0.05) is 35.2 Å². The predicted octanol–water partition coefficient (Wildman–Crippen LogP) is 4.43. The fourth-order valence-electron chi connectivity index (χ4n) is 2.51. The first kappa shape index (κ1) is 19.5. The highest BCUT2D eigenvalue weighted by Gasteiger charge is 2.05. The average Bonchev–Trinajstić information content (AvgIpc) is 2.71. The molecule has 0 unspecified atom stereocenters. The summed E-state index contributed by atoms with van der Waals surface area (Å²) in [4.78, 5) is 28.2. The molecule has 2 N–H and O–H groups in total. The number of carbonyl (C=O) groups is 2. The van der Waals surface area contributed by atoms with Crippen molar-refractivity contribution in [2.24, 2.45) is 0 Å². The molecule has 0 atom stereocenters. The van der Waals surface area contributed by atoms with Gasteiger partial charge in [0.05, 0.1) is 5.56 Å². The molecular weight excluding hydrogens is 418 g/mol. The number of benzene rings is 2. The van der Waals surface area contributed by atoms with Gasteiger partial charge in [-0.2, -0.15) is 0 Å². The van der Waals surface area contributed by atoms with Gasteiger partial charge in [0.1, 0.15) is 0 Å². The molecule has 0 saturated carbocycles. The minimum atomic E-state index is -0.225. The second-order valence-corrected chi connectivity index (χ2v) is 6.92. The molecule has 0 radical (unpaired) electrons. The van der Waals surface area contributed by atoms with Gasteiger partial charge >= 0.3 is 0 Å². The lowest BCUT2D eigenvalue weighted by molar-refractivity contribution is -0.111. The fourth-order valence-corrected chi connectivity index (χ4v) is 2.92. The average molecular weight is 436 g/mol. The van der Waals surface area contributed by atoms with Crippen molar-refractivity contribution in [2.75, 3.05) is 5.32 Å². The summed E-state index contributed by atoms with van der Waals surface area (Å²) in [6.45, 7) is 0.352. The van der Waals surface area contributed by atoms with Gasteiger partial charge in [-0.25, -0.2) is 0 Å². The first-order chi connectivity index (χ1) is 13.6. The summed E-state index contributed by atoms with van der Waals surface area (Å²) in [5.41, 5.74) is 2.98. The van der Waals surface area contributed by atoms with Crippen molar-refractivity contribution in [3.63, 3.8) is 0 Å². The normalized spacial score (nSPS) is 10.6. The number of hydrogen-bond donors (Lipinski definition) is 2. The Morgan fingerprint density at radius 3 is 2.68 bits per heavy atom. The number of hydrogen-bond acceptors (Lipinski definition) is 3. The zero-order valence-electron chi connectivity index (χ0n) is 14.9. The van der Waals surface area contributed by atoms with Crippen molar-refractivity contribution in [3.05, 3.63) is 100 Å². The Labute approximate surface area is 171 Å². The molecule has 0 fully saturated rings. The van der Waals surface area contributed by atoms with Gasteiger partial charge in [-0.1, -0.05) is 40.2 Å². The van der Waals surface area contributed by atoms with Crippen LogP contribution in [-0.4, -0.2) is 16.8 Å². The molecule has 28 heavy (non-hydrogen) atoms. The van der Waals surface area contributed by atoms with E-state index in [-0.39, 0.29) is 11.8 Å². The Bertz CT molecular complexity index is 1000. The van der Waals surface area contributed by atoms with E-state index in [4.69, 9.17) is 0 Å². The van der Waals surface area contributed by atoms with Gasteiger partial charge in [0.2, 0.25) is 5.91 Å². The van der Waals surface area contributed by atoms with Gasteiger partial charge < -0.3 is 10.6 Å². The minimum absolute atomic E-state index is 0.195. The highest BCUT2D eigenvalue weighted by atomic mass is 79.9. The van der Waals surface area contributed by atoms with Crippen LogP contribution in [0, 0.1) is 0 Å². The van der Waals surface area contributed by atoms with Crippen LogP contribution in [-0.2, 0) is 11.3 Å². The molecule has 0 saturated heterocycles. The quantitative estimate of drug-likeness (QED) is 0.562. The van der Waals surface area contributed by atoms with E-state index < -0.39 is 0 Å². The first-order valence-corrected chi connectivity index (χ1v) is 9.41. The molecule has 0 aliphatic heterocycles. The topological polar surface area (TPSA) is 71.1 Å². The third kappa shape index (κ3) is 5.89. The molecule has 5 nitrogen and oxygen atoms in total. The zero-order chi connectivity index (χ0) is 19.8. The summed E-state index contributed by atoms with van der Waals surface area (Å²) in [5, 5.41) is 5.66. The zero-order valence-corrected chi connectivity index (χ0v) is 16.5. The number of carbonyl (C=O) groups excluding carboxylic acids is 2. The number of nitrogens with zero attached hydrogens (tertiary/aromatic N) is 1. The van der Waals surface area contributed by atoms with Crippen molar-refractivity contribution < 1.29 is 9.59 Å². The van der Waals surface area contributed by atoms with E-state index in [1.807, 2.05) is 42.5 Å². The lowest BCUT2D eigenvalue weighted by Gasteiger charge is -2.08. The highest BCUT2D eigenvalue weighted by Crippen LogP contribution is 2.14. The van der Waals surface area contributed by atoms with Crippen LogP contribution in [0.3, 0.4) is 0 Å². The third-order valence-corrected chi connectivity index (χ3v) is 4.34. The van der Waals surface area contributed by atoms with Gasteiger partial charge in [0.15, 0.2) is 0 Å². The summed E-state index contributed by atoms with van der Waals surface area (Å²) in [7, 11) is 0. The molecule has 3 rings (SSSR count). The van der Waals surface area contributed by atoms with Crippen LogP contribution in [0.4, 0.5) is 5.69 Å². The van der Waals surface area contributed by atoms with Gasteiger partial charge in [-0.3, -0.25) is 14.6 Å². The van der Waals surface area contributed by atoms with E-state index >= 15 is 0 Å². The standard InChI is InChI=1S/C22H18BrN3O2/c23-19-7-1-4-16(12-19)9-10-21(27)26-20-8-2-5-17(13-20)14-25-22(28)18-6-3-11-24-15-18/h1-13,15H,14H2,(H,25,28)(H,26,27)/b10-9+. The van der Waals surface area contributed by atoms with Crippen LogP contribution in [0.1, 0.15) is 21.5 Å². The Hall–Kier alpha value is -3.25. The van der Waals surface area contributed by atoms with Crippen molar-refractivity contribution in [3.8, 4) is 0 Å². The van der Waals surface area contributed by atoms with Gasteiger partial charge in [-0.05, 0) is 53.6 Å². The Morgan fingerprint density at radius 1 is 1.04 bits per heavy atom. The van der Waals surface area contributed by atoms with Crippen molar-refractivity contribution in [1.29, 1.82) is 0 Å². The molecule has 1 heterocycles. The predicted molar refractivity (Wildman–Crippen MR) is 114 cm³/mol. The molecule has 3 aromatic rings. The van der Waals surface area contributed by atoms with E-state index in [1.54, 1.807) is 30.5 Å². The van der Waals surface area contributed by atoms with E-state index in [0.717, 1.165) is 15.6 Å². The molecule has 0 bridgehead atoms. The molecule has 6 heteroatoms. The molecule has 0 spiro atoms. The Kier molecular flexibility index (Phi) is 6.70. The maximum atomic E-state index is 12.1. The summed E-state index contributed by atoms with van der Waals surface area (Å²) in [5.74, 6) is -0.420. The Morgan fingerprint density at radius 2 is 1.89 bits per heavy atom. The monoisotopic (exact) mass is 435 g/mol. The Balaban J connectivity index is 1.57. The fraction of sp³-hybridized carbons (Fsp3) is 0.0455. The molecule has 140 valence electrons. The molecule has 2 amide bonds. The number of pyridine rings is 1. The lowest BCUT2D eigenvalue weighted by Crippen LogP contribution is -2.22. The van der Waals surface area contributed by atoms with Gasteiger partial charge in [0.25, 0.3) is 5.91 Å². The van der Waals surface area contributed by atoms with Crippen LogP contribution < -0.4 is 10.6 Å². The van der Waals surface area contributed by atoms with E-state index in [9.17, 15) is 9.59 Å². The molecule has 1 aromatic heterocycles. The van der Waals surface area contributed by atoms with Crippen LogP contribution in [0.25, 0.3) is 6.08 Å². The van der Waals surface area contributed by atoms with Crippen LogP contribution in [0.5, 0.6) is 0 Å². The highest BCUT2D eigenvalue weighted by molar-refractivity contribution is 9.10. The summed E-state index contributed by atoms with van der Waals surface area (Å²) < 4.78 is 0.955. The molecule has 0 aliphatic carbocycles. The number of anilines is 1. The largest absolute Gasteiger partial charge is 0.348 e. The van der Waals surface area contributed by atoms with E-state index in [0.29, 0.717) is 17.8 Å². The van der Waals surface area contributed by atoms with Crippen LogP contribution in [0.2, 0.25) is 0 Å². The third-order valence-electron chi connectivity index (χ3n) is 3.85. The maximum absolute atomic E-state index is 12.1. The van der Waals surface area contributed by atoms with E-state index in [2.05, 4.69) is 31.5 Å². The molecular formula is C22H18BrN3O2. The summed E-state index contributed by atoms with van der Waals surface area (Å²) in [6, 6.07) is 18.4. The molecule has 0 aliphatic rings. The number of amides is 2. The van der Waals surface area contributed by atoms with Crippen molar-refractivity contribution in [1.82, 2.24) is 10.3 Å². The van der Waals surface area contributed by atoms with Crippen molar-refractivity contribution in [2.45, 2.75) is 6.54 Å². The SMILES string of the molecule is O=C(/C=C/c1cccc(Br)c1)Nc1cccc(CNC(=O)c2cccnc2)c1. The molecule has 2 aromatic carbocycles. The van der Waals surface area contributed by atoms with Crippen LogP contribution >= 0.6 is 15.9 Å². The number of aromatic nitrogens is 1. The second kappa shape index (κ2) is 9.62.